The van der Waals surface area contributed by atoms with Gasteiger partial charge in [-0.05, 0) is 40.7 Å². The molecule has 122 valence electrons. The van der Waals surface area contributed by atoms with Crippen molar-refractivity contribution in [1.29, 1.82) is 0 Å². The highest BCUT2D eigenvalue weighted by Gasteiger charge is 2.47. The Kier molecular flexibility index (Phi) is 5.08. The number of ketones is 1. The molecule has 1 aromatic carbocycles. The number of fused-ring (bicyclic) bond motifs is 1. The second-order valence-corrected chi connectivity index (χ2v) is 13.0. The minimum Gasteiger partial charge on any atom is -0.542 e. The summed E-state index contributed by atoms with van der Waals surface area (Å²) in [5, 5.41) is 0.694. The monoisotopic (exact) mass is 338 g/mol. The van der Waals surface area contributed by atoms with Gasteiger partial charge in [0.15, 0.2) is 5.78 Å². The molecule has 1 aliphatic rings. The van der Waals surface area contributed by atoms with Crippen LogP contribution in [-0.2, 0) is 6.42 Å². The molecule has 0 amide bonds. The predicted octanol–water partition coefficient (Wildman–Crippen LogP) is 6.02. The Labute approximate surface area is 140 Å². The van der Waals surface area contributed by atoms with Gasteiger partial charge in [0.2, 0.25) is 0 Å². The van der Waals surface area contributed by atoms with Crippen LogP contribution in [0.3, 0.4) is 0 Å². The van der Waals surface area contributed by atoms with Gasteiger partial charge in [-0.2, -0.15) is 0 Å². The molecular formula is C18H27ClO2Si. The summed E-state index contributed by atoms with van der Waals surface area (Å²) in [4.78, 5) is 12.3. The average Bonchev–Trinajstić information content (AvgIpc) is 2.80. The van der Waals surface area contributed by atoms with Crippen molar-refractivity contribution in [3.8, 4) is 5.75 Å². The van der Waals surface area contributed by atoms with Gasteiger partial charge in [0, 0.05) is 11.4 Å². The molecule has 2 nitrogen and oxygen atoms in total. The second-order valence-electron chi connectivity index (χ2n) is 7.24. The van der Waals surface area contributed by atoms with Gasteiger partial charge >= 0.3 is 0 Å². The number of hydrogen-bond acceptors (Lipinski definition) is 2. The van der Waals surface area contributed by atoms with Crippen LogP contribution in [0.5, 0.6) is 5.75 Å². The number of halogens is 1. The number of rotatable bonds is 5. The number of carbonyl (C=O) groups excluding carboxylic acids is 1. The Morgan fingerprint density at radius 2 is 1.55 bits per heavy atom. The highest BCUT2D eigenvalue weighted by atomic mass is 35.5. The fourth-order valence-electron chi connectivity index (χ4n) is 4.14. The molecule has 0 unspecified atom stereocenters. The number of hydrogen-bond donors (Lipinski definition) is 0. The average molecular weight is 339 g/mol. The zero-order valence-electron chi connectivity index (χ0n) is 14.5. The molecule has 0 radical (unpaired) electrons. The lowest BCUT2D eigenvalue weighted by molar-refractivity contribution is 0.0993. The maximum Gasteiger partial charge on any atom is 0.258 e. The van der Waals surface area contributed by atoms with E-state index < -0.39 is 8.32 Å². The first-order valence-electron chi connectivity index (χ1n) is 8.25. The SMILES string of the molecule is CC(C)[Si](Oc1ccc(Cl)c2c1C(=O)CC2)(C(C)C)C(C)C. The molecule has 4 heteroatoms. The van der Waals surface area contributed by atoms with Gasteiger partial charge in [0.05, 0.1) is 5.56 Å². The van der Waals surface area contributed by atoms with E-state index in [9.17, 15) is 4.79 Å². The van der Waals surface area contributed by atoms with Crippen LogP contribution in [0.15, 0.2) is 12.1 Å². The summed E-state index contributed by atoms with van der Waals surface area (Å²) >= 11 is 6.27. The molecule has 0 aromatic heterocycles. The Morgan fingerprint density at radius 1 is 1.00 bits per heavy atom. The quantitative estimate of drug-likeness (QED) is 0.613. The van der Waals surface area contributed by atoms with Gasteiger partial charge < -0.3 is 4.43 Å². The molecule has 1 aromatic rings. The topological polar surface area (TPSA) is 26.3 Å². The van der Waals surface area contributed by atoms with Crippen molar-refractivity contribution in [3.63, 3.8) is 0 Å². The van der Waals surface area contributed by atoms with E-state index in [1.54, 1.807) is 0 Å². The molecule has 0 bridgehead atoms. The highest BCUT2D eigenvalue weighted by Crippen LogP contribution is 2.45. The van der Waals surface area contributed by atoms with E-state index in [4.69, 9.17) is 16.0 Å². The van der Waals surface area contributed by atoms with Crippen molar-refractivity contribution in [1.82, 2.24) is 0 Å². The summed E-state index contributed by atoms with van der Waals surface area (Å²) in [6.07, 6.45) is 1.29. The lowest BCUT2D eigenvalue weighted by atomic mass is 10.1. The minimum atomic E-state index is -2.05. The molecular weight excluding hydrogens is 312 g/mol. The molecule has 0 saturated carbocycles. The smallest absolute Gasteiger partial charge is 0.258 e. The molecule has 0 heterocycles. The standard InChI is InChI=1S/C18H27ClO2Si/c1-11(2)22(12(3)4,13(5)6)21-17-10-8-15(19)14-7-9-16(20)18(14)17/h8,10-13H,7,9H2,1-6H3. The van der Waals surface area contributed by atoms with Gasteiger partial charge in [0.25, 0.3) is 8.32 Å². The maximum atomic E-state index is 12.3. The van der Waals surface area contributed by atoms with Crippen molar-refractivity contribution in [2.45, 2.75) is 71.0 Å². The Morgan fingerprint density at radius 3 is 2.05 bits per heavy atom. The fourth-order valence-corrected chi connectivity index (χ4v) is 9.65. The summed E-state index contributed by atoms with van der Waals surface area (Å²) in [7, 11) is -2.05. The molecule has 0 spiro atoms. The van der Waals surface area contributed by atoms with Crippen LogP contribution >= 0.6 is 11.6 Å². The molecule has 0 aliphatic heterocycles. The molecule has 0 fully saturated rings. The summed E-state index contributed by atoms with van der Waals surface area (Å²) in [5.74, 6) is 0.941. The lowest BCUT2D eigenvalue weighted by Crippen LogP contribution is -2.51. The van der Waals surface area contributed by atoms with Crippen LogP contribution in [0.25, 0.3) is 0 Å². The van der Waals surface area contributed by atoms with Crippen LogP contribution in [0, 0.1) is 0 Å². The van der Waals surface area contributed by atoms with Gasteiger partial charge in [-0.3, -0.25) is 4.79 Å². The van der Waals surface area contributed by atoms with Crippen LogP contribution in [-0.4, -0.2) is 14.1 Å². The van der Waals surface area contributed by atoms with Crippen molar-refractivity contribution in [3.05, 3.63) is 28.3 Å². The molecule has 22 heavy (non-hydrogen) atoms. The van der Waals surface area contributed by atoms with Crippen molar-refractivity contribution in [2.24, 2.45) is 0 Å². The van der Waals surface area contributed by atoms with Crippen LogP contribution < -0.4 is 4.43 Å². The third-order valence-corrected chi connectivity index (χ3v) is 11.4. The van der Waals surface area contributed by atoms with E-state index in [0.29, 0.717) is 28.1 Å². The molecule has 1 aliphatic carbocycles. The molecule has 0 N–H and O–H groups in total. The highest BCUT2D eigenvalue weighted by molar-refractivity contribution is 6.78. The van der Waals surface area contributed by atoms with Gasteiger partial charge in [-0.15, -0.1) is 0 Å². The van der Waals surface area contributed by atoms with Gasteiger partial charge in [0.1, 0.15) is 5.75 Å². The number of carbonyl (C=O) groups is 1. The first kappa shape index (κ1) is 17.5. The van der Waals surface area contributed by atoms with Crippen molar-refractivity contribution in [2.75, 3.05) is 0 Å². The lowest BCUT2D eigenvalue weighted by Gasteiger charge is -2.42. The van der Waals surface area contributed by atoms with Crippen molar-refractivity contribution < 1.29 is 9.22 Å². The third kappa shape index (κ3) is 2.74. The van der Waals surface area contributed by atoms with Gasteiger partial charge in [-0.1, -0.05) is 53.1 Å². The summed E-state index contributed by atoms with van der Waals surface area (Å²) < 4.78 is 6.71. The predicted molar refractivity (Wildman–Crippen MR) is 95.8 cm³/mol. The second kappa shape index (κ2) is 6.36. The Hall–Kier alpha value is -0.803. The molecule has 2 rings (SSSR count). The minimum absolute atomic E-state index is 0.173. The van der Waals surface area contributed by atoms with Crippen LogP contribution in [0.2, 0.25) is 21.6 Å². The first-order chi connectivity index (χ1) is 10.2. The maximum absolute atomic E-state index is 12.3. The Bertz CT molecular complexity index is 557. The van der Waals surface area contributed by atoms with E-state index in [2.05, 4.69) is 41.5 Å². The summed E-state index contributed by atoms with van der Waals surface area (Å²) in [6, 6.07) is 3.79. The fraction of sp³-hybridized carbons (Fsp3) is 0.611. The summed E-state index contributed by atoms with van der Waals surface area (Å²) in [5.41, 5.74) is 3.16. The van der Waals surface area contributed by atoms with Gasteiger partial charge in [-0.25, -0.2) is 0 Å². The number of Topliss-reactive ketones (excluding diaryl/α,β-unsaturated/α-hetero) is 1. The zero-order chi connectivity index (χ0) is 16.7. The Balaban J connectivity index is 2.53. The largest absolute Gasteiger partial charge is 0.542 e. The van der Waals surface area contributed by atoms with E-state index in [1.807, 2.05) is 12.1 Å². The normalized spacial score (nSPS) is 15.1. The molecule has 0 saturated heterocycles. The van der Waals surface area contributed by atoms with Crippen LogP contribution in [0.1, 0.15) is 63.9 Å². The van der Waals surface area contributed by atoms with E-state index >= 15 is 0 Å². The third-order valence-electron chi connectivity index (χ3n) is 5.09. The van der Waals surface area contributed by atoms with E-state index in [1.165, 1.54) is 0 Å². The first-order valence-corrected chi connectivity index (χ1v) is 10.8. The zero-order valence-corrected chi connectivity index (χ0v) is 16.3. The van der Waals surface area contributed by atoms with E-state index in [-0.39, 0.29) is 5.78 Å². The molecule has 0 atom stereocenters. The number of benzene rings is 1. The summed E-state index contributed by atoms with van der Waals surface area (Å²) in [6.45, 7) is 13.5. The van der Waals surface area contributed by atoms with Crippen molar-refractivity contribution >= 4 is 25.7 Å². The van der Waals surface area contributed by atoms with E-state index in [0.717, 1.165) is 23.3 Å². The van der Waals surface area contributed by atoms with Crippen LogP contribution in [0.4, 0.5) is 0 Å².